The molecule has 1 unspecified atom stereocenters. The first-order valence-corrected chi connectivity index (χ1v) is 11.9. The van der Waals surface area contributed by atoms with Gasteiger partial charge in [0, 0.05) is 11.8 Å². The number of benzene rings is 2. The summed E-state index contributed by atoms with van der Waals surface area (Å²) in [7, 11) is 1.25. The van der Waals surface area contributed by atoms with E-state index in [0.717, 1.165) is 21.5 Å². The Bertz CT molecular complexity index is 1380. The summed E-state index contributed by atoms with van der Waals surface area (Å²) in [5.41, 5.74) is 2.28. The largest absolute Gasteiger partial charge is 0.467 e. The van der Waals surface area contributed by atoms with Gasteiger partial charge >= 0.3 is 11.9 Å². The Morgan fingerprint density at radius 1 is 1.11 bits per heavy atom. The molecule has 1 atom stereocenters. The van der Waals surface area contributed by atoms with E-state index in [-0.39, 0.29) is 6.42 Å². The van der Waals surface area contributed by atoms with E-state index in [2.05, 4.69) is 10.4 Å². The number of ether oxygens (including phenoxy) is 2. The average molecular weight is 512 g/mol. The van der Waals surface area contributed by atoms with E-state index in [1.54, 1.807) is 16.8 Å². The second-order valence-corrected chi connectivity index (χ2v) is 9.13. The van der Waals surface area contributed by atoms with Gasteiger partial charge in [-0.25, -0.2) is 14.3 Å². The van der Waals surface area contributed by atoms with Crippen molar-refractivity contribution in [2.75, 3.05) is 13.7 Å². The van der Waals surface area contributed by atoms with Crippen molar-refractivity contribution in [2.45, 2.75) is 19.4 Å². The number of aryl methyl sites for hydroxylation is 1. The maximum atomic E-state index is 12.7. The van der Waals surface area contributed by atoms with Crippen LogP contribution < -0.4 is 5.32 Å². The highest BCUT2D eigenvalue weighted by atomic mass is 35.5. The fraction of sp³-hybridized carbons (Fsp3) is 0.200. The van der Waals surface area contributed by atoms with E-state index in [0.29, 0.717) is 15.6 Å². The van der Waals surface area contributed by atoms with Crippen molar-refractivity contribution in [3.05, 3.63) is 81.8 Å². The SMILES string of the molecule is COC(=O)C(Cc1ccccc1)NC(=O)COC(=O)c1cc2c(C)nn(-c3ccccc3Cl)c2s1. The molecular weight excluding hydrogens is 490 g/mol. The molecule has 0 aliphatic rings. The molecule has 0 saturated carbocycles. The van der Waals surface area contributed by atoms with Crippen LogP contribution >= 0.6 is 22.9 Å². The number of hydrogen-bond acceptors (Lipinski definition) is 7. The van der Waals surface area contributed by atoms with Crippen molar-refractivity contribution in [3.8, 4) is 5.69 Å². The highest BCUT2D eigenvalue weighted by Gasteiger charge is 2.24. The Morgan fingerprint density at radius 2 is 1.83 bits per heavy atom. The molecule has 180 valence electrons. The summed E-state index contributed by atoms with van der Waals surface area (Å²) in [5, 5.41) is 8.43. The second kappa shape index (κ2) is 10.7. The standard InChI is InChI=1S/C25H22ClN3O5S/c1-15-17-13-21(35-23(17)29(28-15)20-11-7-6-10-18(20)26)25(32)34-14-22(30)27-19(24(31)33-2)12-16-8-4-3-5-9-16/h3-11,13,19H,12,14H2,1-2H3,(H,27,30). The summed E-state index contributed by atoms with van der Waals surface area (Å²) in [6.45, 7) is 1.30. The lowest BCUT2D eigenvalue weighted by atomic mass is 10.1. The van der Waals surface area contributed by atoms with Crippen LogP contribution in [0.2, 0.25) is 5.02 Å². The Labute approximate surface area is 210 Å². The average Bonchev–Trinajstić information content (AvgIpc) is 3.43. The molecule has 4 aromatic rings. The van der Waals surface area contributed by atoms with Gasteiger partial charge in [-0.15, -0.1) is 11.3 Å². The van der Waals surface area contributed by atoms with Gasteiger partial charge in [-0.3, -0.25) is 4.79 Å². The number of nitrogens with one attached hydrogen (secondary N) is 1. The van der Waals surface area contributed by atoms with Crippen molar-refractivity contribution in [3.63, 3.8) is 0 Å². The van der Waals surface area contributed by atoms with E-state index in [4.69, 9.17) is 21.1 Å². The molecule has 0 radical (unpaired) electrons. The van der Waals surface area contributed by atoms with Gasteiger partial charge in [0.25, 0.3) is 5.91 Å². The number of aromatic nitrogens is 2. The van der Waals surface area contributed by atoms with Gasteiger partial charge in [0.15, 0.2) is 6.61 Å². The number of esters is 2. The van der Waals surface area contributed by atoms with Crippen LogP contribution in [0, 0.1) is 6.92 Å². The molecule has 8 nitrogen and oxygen atoms in total. The summed E-state index contributed by atoms with van der Waals surface area (Å²) < 4.78 is 11.7. The number of thiophene rings is 1. The van der Waals surface area contributed by atoms with Crippen molar-refractivity contribution >= 4 is 51.0 Å². The summed E-state index contributed by atoms with van der Waals surface area (Å²) in [4.78, 5) is 38.3. The first-order chi connectivity index (χ1) is 16.9. The number of halogens is 1. The zero-order valence-corrected chi connectivity index (χ0v) is 20.6. The van der Waals surface area contributed by atoms with Gasteiger partial charge < -0.3 is 14.8 Å². The molecular formula is C25H22ClN3O5S. The lowest BCUT2D eigenvalue weighted by Crippen LogP contribution is -2.44. The molecule has 2 heterocycles. The first kappa shape index (κ1) is 24.4. The topological polar surface area (TPSA) is 99.5 Å². The van der Waals surface area contributed by atoms with Crippen molar-refractivity contribution in [1.82, 2.24) is 15.1 Å². The van der Waals surface area contributed by atoms with Crippen molar-refractivity contribution in [2.24, 2.45) is 0 Å². The molecule has 1 N–H and O–H groups in total. The zero-order valence-electron chi connectivity index (χ0n) is 19.0. The minimum absolute atomic E-state index is 0.251. The molecule has 2 aromatic carbocycles. The molecule has 4 rings (SSSR count). The number of amides is 1. The predicted octanol–water partition coefficient (Wildman–Crippen LogP) is 4.11. The Balaban J connectivity index is 1.43. The van der Waals surface area contributed by atoms with Gasteiger partial charge in [-0.2, -0.15) is 5.10 Å². The number of nitrogens with zero attached hydrogens (tertiary/aromatic N) is 2. The van der Waals surface area contributed by atoms with Gasteiger partial charge in [-0.1, -0.05) is 54.1 Å². The highest BCUT2D eigenvalue weighted by Crippen LogP contribution is 2.32. The van der Waals surface area contributed by atoms with Crippen molar-refractivity contribution < 1.29 is 23.9 Å². The Hall–Kier alpha value is -3.69. The van der Waals surface area contributed by atoms with Gasteiger partial charge in [0.1, 0.15) is 15.7 Å². The quantitative estimate of drug-likeness (QED) is 0.357. The summed E-state index contributed by atoms with van der Waals surface area (Å²) in [6.07, 6.45) is 0.251. The number of methoxy groups -OCH3 is 1. The van der Waals surface area contributed by atoms with E-state index in [9.17, 15) is 14.4 Å². The molecule has 0 bridgehead atoms. The molecule has 0 fully saturated rings. The molecule has 0 spiro atoms. The highest BCUT2D eigenvalue weighted by molar-refractivity contribution is 7.20. The normalized spacial score (nSPS) is 11.7. The summed E-state index contributed by atoms with van der Waals surface area (Å²) in [6, 6.07) is 17.3. The third-order valence-corrected chi connectivity index (χ3v) is 6.67. The minimum atomic E-state index is -0.901. The first-order valence-electron chi connectivity index (χ1n) is 10.7. The van der Waals surface area contributed by atoms with E-state index in [1.807, 2.05) is 55.5 Å². The number of fused-ring (bicyclic) bond motifs is 1. The maximum Gasteiger partial charge on any atom is 0.348 e. The molecule has 1 amide bonds. The number of hydrogen-bond donors (Lipinski definition) is 1. The molecule has 0 aliphatic carbocycles. The lowest BCUT2D eigenvalue weighted by molar-refractivity contribution is -0.145. The third kappa shape index (κ3) is 5.52. The van der Waals surface area contributed by atoms with E-state index >= 15 is 0 Å². The molecule has 35 heavy (non-hydrogen) atoms. The number of rotatable bonds is 8. The molecule has 0 saturated heterocycles. The van der Waals surface area contributed by atoms with Crippen LogP contribution in [0.3, 0.4) is 0 Å². The van der Waals surface area contributed by atoms with Crippen LogP contribution in [0.1, 0.15) is 20.9 Å². The smallest absolute Gasteiger partial charge is 0.348 e. The number of carbonyl (C=O) groups excluding carboxylic acids is 3. The summed E-state index contributed by atoms with van der Waals surface area (Å²) >= 11 is 7.52. The third-order valence-electron chi connectivity index (χ3n) is 5.26. The van der Waals surface area contributed by atoms with Gasteiger partial charge in [-0.05, 0) is 30.7 Å². The molecule has 10 heteroatoms. The van der Waals surface area contributed by atoms with Crippen LogP contribution in [-0.4, -0.2) is 47.4 Å². The van der Waals surface area contributed by atoms with Gasteiger partial charge in [0.05, 0.1) is 23.5 Å². The Morgan fingerprint density at radius 3 is 2.54 bits per heavy atom. The number of carbonyl (C=O) groups is 3. The molecule has 2 aromatic heterocycles. The second-order valence-electron chi connectivity index (χ2n) is 7.69. The van der Waals surface area contributed by atoms with Crippen LogP contribution in [0.25, 0.3) is 15.9 Å². The fourth-order valence-corrected chi connectivity index (χ4v) is 4.84. The van der Waals surface area contributed by atoms with Crippen LogP contribution in [-0.2, 0) is 25.5 Å². The fourth-order valence-electron chi connectivity index (χ4n) is 3.56. The van der Waals surface area contributed by atoms with Crippen LogP contribution in [0.5, 0.6) is 0 Å². The van der Waals surface area contributed by atoms with Gasteiger partial charge in [0.2, 0.25) is 0 Å². The van der Waals surface area contributed by atoms with E-state index in [1.165, 1.54) is 18.4 Å². The predicted molar refractivity (Wildman–Crippen MR) is 133 cm³/mol. The minimum Gasteiger partial charge on any atom is -0.467 e. The van der Waals surface area contributed by atoms with E-state index < -0.39 is 30.5 Å². The van der Waals surface area contributed by atoms with Crippen molar-refractivity contribution in [1.29, 1.82) is 0 Å². The molecule has 0 aliphatic heterocycles. The van der Waals surface area contributed by atoms with Crippen LogP contribution in [0.4, 0.5) is 0 Å². The Kier molecular flexibility index (Phi) is 7.48. The zero-order chi connectivity index (χ0) is 24.9. The maximum absolute atomic E-state index is 12.7. The summed E-state index contributed by atoms with van der Waals surface area (Å²) in [5.74, 6) is -1.84. The lowest BCUT2D eigenvalue weighted by Gasteiger charge is -2.16. The van der Waals surface area contributed by atoms with Crippen LogP contribution in [0.15, 0.2) is 60.7 Å². The number of para-hydroxylation sites is 1. The monoisotopic (exact) mass is 511 g/mol.